The molecule has 0 aromatic heterocycles. The van der Waals surface area contributed by atoms with Gasteiger partial charge >= 0.3 is 5.97 Å². The monoisotopic (exact) mass is 278 g/mol. The Morgan fingerprint density at radius 2 is 1.90 bits per heavy atom. The Balaban J connectivity index is 2.15. The van der Waals surface area contributed by atoms with Crippen molar-refractivity contribution in [2.75, 3.05) is 19.7 Å². The van der Waals surface area contributed by atoms with Gasteiger partial charge in [-0.05, 0) is 31.5 Å². The molecule has 0 radical (unpaired) electrons. The fourth-order valence-corrected chi connectivity index (χ4v) is 2.52. The van der Waals surface area contributed by atoms with E-state index in [0.29, 0.717) is 12.8 Å². The largest absolute Gasteiger partial charge is 0.479 e. The molecule has 1 aromatic rings. The van der Waals surface area contributed by atoms with Crippen LogP contribution < -0.4 is 10.8 Å². The normalized spacial score (nSPS) is 17.4. The maximum atomic E-state index is 12.4. The topological polar surface area (TPSA) is 87.7 Å². The van der Waals surface area contributed by atoms with Crippen molar-refractivity contribution in [2.45, 2.75) is 18.3 Å². The van der Waals surface area contributed by atoms with Gasteiger partial charge in [-0.15, -0.1) is 0 Å². The van der Waals surface area contributed by atoms with Gasteiger partial charge in [-0.25, -0.2) is 10.3 Å². The SMILES string of the molecule is O=C(O)CONC(=O)C1(c2ccccc2)CCNCC1. The number of carboxylic acid groups (broad SMARTS) is 1. The molecular formula is C14H18N2O4. The molecule has 6 heteroatoms. The zero-order chi connectivity index (χ0) is 14.4. The first kappa shape index (κ1) is 14.5. The number of hydrogen-bond acceptors (Lipinski definition) is 4. The molecule has 1 fully saturated rings. The molecular weight excluding hydrogens is 260 g/mol. The molecule has 1 saturated heterocycles. The van der Waals surface area contributed by atoms with E-state index < -0.39 is 18.0 Å². The molecule has 3 N–H and O–H groups in total. The van der Waals surface area contributed by atoms with Crippen LogP contribution in [-0.4, -0.2) is 36.7 Å². The van der Waals surface area contributed by atoms with Crippen molar-refractivity contribution in [1.29, 1.82) is 0 Å². The molecule has 1 aromatic carbocycles. The first-order valence-corrected chi connectivity index (χ1v) is 6.55. The maximum Gasteiger partial charge on any atom is 0.332 e. The second-order valence-electron chi connectivity index (χ2n) is 4.81. The minimum absolute atomic E-state index is 0.286. The van der Waals surface area contributed by atoms with Crippen molar-refractivity contribution < 1.29 is 19.5 Å². The van der Waals surface area contributed by atoms with Crippen molar-refractivity contribution in [3.05, 3.63) is 35.9 Å². The van der Waals surface area contributed by atoms with Gasteiger partial charge in [0, 0.05) is 0 Å². The van der Waals surface area contributed by atoms with Gasteiger partial charge in [0.15, 0.2) is 6.61 Å². The van der Waals surface area contributed by atoms with E-state index in [2.05, 4.69) is 10.8 Å². The third-order valence-electron chi connectivity index (χ3n) is 3.58. The van der Waals surface area contributed by atoms with Gasteiger partial charge in [0.05, 0.1) is 5.41 Å². The summed E-state index contributed by atoms with van der Waals surface area (Å²) in [5.41, 5.74) is 2.54. The summed E-state index contributed by atoms with van der Waals surface area (Å²) >= 11 is 0. The fourth-order valence-electron chi connectivity index (χ4n) is 2.52. The summed E-state index contributed by atoms with van der Waals surface area (Å²) in [6.45, 7) is 0.928. The van der Waals surface area contributed by atoms with Gasteiger partial charge in [-0.1, -0.05) is 30.3 Å². The van der Waals surface area contributed by atoms with Crippen LogP contribution in [0.1, 0.15) is 18.4 Å². The standard InChI is InChI=1S/C14H18N2O4/c17-12(18)10-20-16-13(19)14(6-8-15-9-7-14)11-4-2-1-3-5-11/h1-5,15H,6-10H2,(H,16,19)(H,17,18). The number of hydrogen-bond donors (Lipinski definition) is 3. The summed E-state index contributed by atoms with van der Waals surface area (Å²) in [4.78, 5) is 27.6. The zero-order valence-electron chi connectivity index (χ0n) is 11.1. The third kappa shape index (κ3) is 3.15. The lowest BCUT2D eigenvalue weighted by Crippen LogP contribution is -2.50. The van der Waals surface area contributed by atoms with E-state index >= 15 is 0 Å². The molecule has 0 saturated carbocycles. The summed E-state index contributed by atoms with van der Waals surface area (Å²) in [5.74, 6) is -1.41. The smallest absolute Gasteiger partial charge is 0.332 e. The molecule has 6 nitrogen and oxygen atoms in total. The van der Waals surface area contributed by atoms with E-state index in [1.807, 2.05) is 30.3 Å². The van der Waals surface area contributed by atoms with Crippen LogP contribution in [0.3, 0.4) is 0 Å². The Morgan fingerprint density at radius 3 is 2.50 bits per heavy atom. The number of carbonyl (C=O) groups is 2. The Labute approximate surface area is 117 Å². The molecule has 1 aliphatic rings. The lowest BCUT2D eigenvalue weighted by Gasteiger charge is -2.36. The number of piperidine rings is 1. The zero-order valence-corrected chi connectivity index (χ0v) is 11.1. The lowest BCUT2D eigenvalue weighted by molar-refractivity contribution is -0.152. The number of amides is 1. The quantitative estimate of drug-likeness (QED) is 0.680. The van der Waals surface area contributed by atoms with Crippen LogP contribution in [0.15, 0.2) is 30.3 Å². The van der Waals surface area contributed by atoms with Crippen LogP contribution in [0.5, 0.6) is 0 Å². The van der Waals surface area contributed by atoms with Crippen molar-refractivity contribution in [3.63, 3.8) is 0 Å². The minimum Gasteiger partial charge on any atom is -0.479 e. The van der Waals surface area contributed by atoms with Crippen molar-refractivity contribution in [2.24, 2.45) is 0 Å². The Morgan fingerprint density at radius 1 is 1.25 bits per heavy atom. The summed E-state index contributed by atoms with van der Waals surface area (Å²) in [5, 5.41) is 11.8. The van der Waals surface area contributed by atoms with Crippen LogP contribution in [0.2, 0.25) is 0 Å². The molecule has 1 heterocycles. The molecule has 0 bridgehead atoms. The van der Waals surface area contributed by atoms with E-state index in [4.69, 9.17) is 9.94 Å². The Bertz CT molecular complexity index is 469. The number of benzene rings is 1. The average molecular weight is 278 g/mol. The first-order chi connectivity index (χ1) is 9.65. The van der Waals surface area contributed by atoms with Crippen LogP contribution in [0.4, 0.5) is 0 Å². The van der Waals surface area contributed by atoms with Gasteiger partial charge in [-0.2, -0.15) is 0 Å². The molecule has 1 aliphatic heterocycles. The molecule has 2 rings (SSSR count). The summed E-state index contributed by atoms with van der Waals surface area (Å²) < 4.78 is 0. The summed E-state index contributed by atoms with van der Waals surface area (Å²) in [6, 6.07) is 9.52. The number of hydroxylamine groups is 1. The molecule has 108 valence electrons. The van der Waals surface area contributed by atoms with E-state index in [9.17, 15) is 9.59 Å². The molecule has 0 unspecified atom stereocenters. The van der Waals surface area contributed by atoms with Crippen molar-refractivity contribution in [3.8, 4) is 0 Å². The highest BCUT2D eigenvalue weighted by Gasteiger charge is 2.41. The van der Waals surface area contributed by atoms with E-state index in [1.165, 1.54) is 0 Å². The van der Waals surface area contributed by atoms with E-state index in [-0.39, 0.29) is 5.91 Å². The lowest BCUT2D eigenvalue weighted by atomic mass is 9.72. The highest BCUT2D eigenvalue weighted by atomic mass is 16.7. The maximum absolute atomic E-state index is 12.4. The first-order valence-electron chi connectivity index (χ1n) is 6.55. The Kier molecular flexibility index (Phi) is 4.70. The number of carbonyl (C=O) groups excluding carboxylic acids is 1. The number of aliphatic carboxylic acids is 1. The van der Waals surface area contributed by atoms with Gasteiger partial charge in [0.2, 0.25) is 0 Å². The predicted molar refractivity (Wildman–Crippen MR) is 72.0 cm³/mol. The number of rotatable bonds is 5. The van der Waals surface area contributed by atoms with Crippen LogP contribution in [0.25, 0.3) is 0 Å². The van der Waals surface area contributed by atoms with Crippen LogP contribution >= 0.6 is 0 Å². The Hall–Kier alpha value is -1.92. The van der Waals surface area contributed by atoms with Crippen molar-refractivity contribution >= 4 is 11.9 Å². The minimum atomic E-state index is -1.12. The van der Waals surface area contributed by atoms with Gasteiger partial charge in [0.1, 0.15) is 0 Å². The average Bonchev–Trinajstić information content (AvgIpc) is 2.48. The van der Waals surface area contributed by atoms with Gasteiger partial charge < -0.3 is 10.4 Å². The van der Waals surface area contributed by atoms with Gasteiger partial charge in [0.25, 0.3) is 5.91 Å². The predicted octanol–water partition coefficient (Wildman–Crippen LogP) is 0.440. The molecule has 0 spiro atoms. The molecule has 0 atom stereocenters. The summed E-state index contributed by atoms with van der Waals surface area (Å²) in [6.07, 6.45) is 1.30. The molecule has 1 amide bonds. The molecule has 0 aliphatic carbocycles. The van der Waals surface area contributed by atoms with E-state index in [1.54, 1.807) is 0 Å². The number of carboxylic acids is 1. The molecule has 20 heavy (non-hydrogen) atoms. The number of nitrogens with one attached hydrogen (secondary N) is 2. The second-order valence-corrected chi connectivity index (χ2v) is 4.81. The highest BCUT2D eigenvalue weighted by Crippen LogP contribution is 2.33. The summed E-state index contributed by atoms with van der Waals surface area (Å²) in [7, 11) is 0. The second kappa shape index (κ2) is 6.49. The van der Waals surface area contributed by atoms with E-state index in [0.717, 1.165) is 18.7 Å². The highest BCUT2D eigenvalue weighted by molar-refractivity contribution is 5.87. The third-order valence-corrected chi connectivity index (χ3v) is 3.58. The fraction of sp³-hybridized carbons (Fsp3) is 0.429. The van der Waals surface area contributed by atoms with Crippen molar-refractivity contribution in [1.82, 2.24) is 10.8 Å². The van der Waals surface area contributed by atoms with Crippen LogP contribution in [-0.2, 0) is 19.8 Å². The van der Waals surface area contributed by atoms with Gasteiger partial charge in [-0.3, -0.25) is 9.63 Å². The van der Waals surface area contributed by atoms with Crippen LogP contribution in [0, 0.1) is 0 Å².